The molecule has 0 radical (unpaired) electrons. The summed E-state index contributed by atoms with van der Waals surface area (Å²) in [5, 5.41) is 17.5. The van der Waals surface area contributed by atoms with Gasteiger partial charge in [-0.3, -0.25) is 0 Å². The quantitative estimate of drug-likeness (QED) is 0.409. The van der Waals surface area contributed by atoms with Gasteiger partial charge in [0.15, 0.2) is 0 Å². The van der Waals surface area contributed by atoms with E-state index in [0.29, 0.717) is 13.2 Å². The summed E-state index contributed by atoms with van der Waals surface area (Å²) in [6.07, 6.45) is 11.0. The molecule has 0 spiro atoms. The van der Waals surface area contributed by atoms with Gasteiger partial charge in [-0.15, -0.1) is 0 Å². The average molecular weight is 361 g/mol. The highest BCUT2D eigenvalue weighted by Gasteiger charge is 2.02. The zero-order valence-electron chi connectivity index (χ0n) is 17.8. The molecular formula is C21H48N2O2. The number of rotatable bonds is 17. The van der Waals surface area contributed by atoms with Crippen LogP contribution < -0.4 is 0 Å². The van der Waals surface area contributed by atoms with Gasteiger partial charge in [0.25, 0.3) is 0 Å². The van der Waals surface area contributed by atoms with Crippen molar-refractivity contribution in [1.82, 2.24) is 9.80 Å². The van der Waals surface area contributed by atoms with Crippen molar-refractivity contribution in [3.63, 3.8) is 0 Å². The van der Waals surface area contributed by atoms with Crippen LogP contribution in [0.1, 0.15) is 85.5 Å². The minimum absolute atomic E-state index is 0.299. The van der Waals surface area contributed by atoms with Gasteiger partial charge in [-0.25, -0.2) is 0 Å². The molecule has 2 N–H and O–H groups in total. The molecule has 0 atom stereocenters. The van der Waals surface area contributed by atoms with E-state index in [0.717, 1.165) is 32.6 Å². The summed E-state index contributed by atoms with van der Waals surface area (Å²) in [6, 6.07) is 0. The SMILES string of the molecule is CCCCN(CCCC)CCCO.CCCCN(CCO)CCCC. The molecule has 154 valence electrons. The van der Waals surface area contributed by atoms with E-state index in [9.17, 15) is 0 Å². The maximum absolute atomic E-state index is 8.79. The summed E-state index contributed by atoms with van der Waals surface area (Å²) >= 11 is 0. The van der Waals surface area contributed by atoms with Crippen LogP contribution in [-0.2, 0) is 0 Å². The predicted molar refractivity (Wildman–Crippen MR) is 111 cm³/mol. The Bertz CT molecular complexity index is 201. The molecule has 4 heteroatoms. The van der Waals surface area contributed by atoms with Gasteiger partial charge in [0, 0.05) is 19.7 Å². The Morgan fingerprint density at radius 3 is 1.04 bits per heavy atom. The molecular weight excluding hydrogens is 312 g/mol. The molecule has 0 fully saturated rings. The molecule has 0 unspecified atom stereocenters. The Morgan fingerprint density at radius 2 is 0.760 bits per heavy atom. The molecule has 0 aromatic rings. The normalized spacial score (nSPS) is 11.0. The van der Waals surface area contributed by atoms with Crippen molar-refractivity contribution in [2.75, 3.05) is 52.5 Å². The molecule has 0 rings (SSSR count). The summed E-state index contributed by atoms with van der Waals surface area (Å²) in [4.78, 5) is 4.83. The van der Waals surface area contributed by atoms with Crippen LogP contribution in [0, 0.1) is 0 Å². The molecule has 25 heavy (non-hydrogen) atoms. The molecule has 0 saturated heterocycles. The van der Waals surface area contributed by atoms with E-state index in [1.165, 1.54) is 64.5 Å². The number of hydrogen-bond acceptors (Lipinski definition) is 4. The van der Waals surface area contributed by atoms with Crippen LogP contribution in [0.4, 0.5) is 0 Å². The van der Waals surface area contributed by atoms with Gasteiger partial charge in [-0.1, -0.05) is 53.4 Å². The molecule has 0 bridgehead atoms. The van der Waals surface area contributed by atoms with E-state index < -0.39 is 0 Å². The van der Waals surface area contributed by atoms with Crippen molar-refractivity contribution < 1.29 is 10.2 Å². The van der Waals surface area contributed by atoms with Gasteiger partial charge in [-0.05, 0) is 58.3 Å². The summed E-state index contributed by atoms with van der Waals surface area (Å²) in [5.74, 6) is 0. The Labute approximate surface area is 158 Å². The molecule has 0 aromatic carbocycles. The standard InChI is InChI=1S/C11H25NO.C10H23NO/c1-3-5-8-12(9-6-4-2)10-7-11-13;1-3-5-7-11(9-10-12)8-6-4-2/h13H,3-11H2,1-2H3;12H,3-10H2,1-2H3. The van der Waals surface area contributed by atoms with Crippen molar-refractivity contribution in [3.05, 3.63) is 0 Å². The first-order valence-corrected chi connectivity index (χ1v) is 10.9. The summed E-state index contributed by atoms with van der Waals surface area (Å²) in [7, 11) is 0. The van der Waals surface area contributed by atoms with Gasteiger partial charge in [-0.2, -0.15) is 0 Å². The number of hydrogen-bond donors (Lipinski definition) is 2. The number of aliphatic hydroxyl groups is 2. The fourth-order valence-corrected chi connectivity index (χ4v) is 2.63. The number of unbranched alkanes of at least 4 members (excludes halogenated alkanes) is 4. The van der Waals surface area contributed by atoms with E-state index in [1.54, 1.807) is 0 Å². The minimum atomic E-state index is 0.299. The van der Waals surface area contributed by atoms with E-state index in [4.69, 9.17) is 10.2 Å². The Morgan fingerprint density at radius 1 is 0.440 bits per heavy atom. The zero-order chi connectivity index (χ0) is 19.2. The Kier molecular flexibility index (Phi) is 25.8. The Hall–Kier alpha value is -0.160. The molecule has 0 aliphatic heterocycles. The lowest BCUT2D eigenvalue weighted by atomic mass is 10.2. The fraction of sp³-hybridized carbons (Fsp3) is 1.00. The van der Waals surface area contributed by atoms with Gasteiger partial charge in [0.05, 0.1) is 6.61 Å². The van der Waals surface area contributed by atoms with Crippen LogP contribution in [-0.4, -0.2) is 72.5 Å². The fourth-order valence-electron chi connectivity index (χ4n) is 2.63. The second-order valence-electron chi connectivity index (χ2n) is 6.90. The topological polar surface area (TPSA) is 46.9 Å². The third-order valence-corrected chi connectivity index (χ3v) is 4.36. The molecule has 0 amide bonds. The van der Waals surface area contributed by atoms with Gasteiger partial charge in [0.2, 0.25) is 0 Å². The second kappa shape index (κ2) is 23.8. The molecule has 0 saturated carbocycles. The van der Waals surface area contributed by atoms with Crippen molar-refractivity contribution in [3.8, 4) is 0 Å². The van der Waals surface area contributed by atoms with E-state index >= 15 is 0 Å². The van der Waals surface area contributed by atoms with E-state index in [2.05, 4.69) is 37.5 Å². The molecule has 0 aromatic heterocycles. The third-order valence-electron chi connectivity index (χ3n) is 4.36. The molecule has 0 aliphatic rings. The van der Waals surface area contributed by atoms with Gasteiger partial charge in [0.1, 0.15) is 0 Å². The largest absolute Gasteiger partial charge is 0.396 e. The Balaban J connectivity index is 0. The van der Waals surface area contributed by atoms with Crippen LogP contribution in [0.3, 0.4) is 0 Å². The van der Waals surface area contributed by atoms with E-state index in [-0.39, 0.29) is 0 Å². The molecule has 0 heterocycles. The van der Waals surface area contributed by atoms with Crippen LogP contribution >= 0.6 is 0 Å². The number of aliphatic hydroxyl groups excluding tert-OH is 2. The lowest BCUT2D eigenvalue weighted by Gasteiger charge is -2.21. The summed E-state index contributed by atoms with van der Waals surface area (Å²) < 4.78 is 0. The minimum Gasteiger partial charge on any atom is -0.396 e. The second-order valence-corrected chi connectivity index (χ2v) is 6.90. The lowest BCUT2D eigenvalue weighted by molar-refractivity contribution is 0.192. The third kappa shape index (κ3) is 21.8. The van der Waals surface area contributed by atoms with Gasteiger partial charge >= 0.3 is 0 Å². The highest BCUT2D eigenvalue weighted by atomic mass is 16.3. The van der Waals surface area contributed by atoms with Crippen molar-refractivity contribution >= 4 is 0 Å². The first kappa shape index (κ1) is 27.1. The van der Waals surface area contributed by atoms with Crippen molar-refractivity contribution in [2.45, 2.75) is 85.5 Å². The van der Waals surface area contributed by atoms with E-state index in [1.807, 2.05) is 0 Å². The first-order chi connectivity index (χ1) is 12.2. The maximum atomic E-state index is 8.79. The van der Waals surface area contributed by atoms with Crippen LogP contribution in [0.5, 0.6) is 0 Å². The first-order valence-electron chi connectivity index (χ1n) is 10.9. The maximum Gasteiger partial charge on any atom is 0.0558 e. The van der Waals surface area contributed by atoms with Crippen molar-refractivity contribution in [2.24, 2.45) is 0 Å². The monoisotopic (exact) mass is 360 g/mol. The molecule has 4 nitrogen and oxygen atoms in total. The average Bonchev–Trinajstić information content (AvgIpc) is 2.64. The summed E-state index contributed by atoms with van der Waals surface area (Å²) in [5.41, 5.74) is 0. The van der Waals surface area contributed by atoms with Crippen LogP contribution in [0.15, 0.2) is 0 Å². The van der Waals surface area contributed by atoms with Crippen LogP contribution in [0.25, 0.3) is 0 Å². The highest BCUT2D eigenvalue weighted by molar-refractivity contribution is 4.57. The summed E-state index contributed by atoms with van der Waals surface area (Å²) in [6.45, 7) is 16.1. The van der Waals surface area contributed by atoms with Crippen LogP contribution in [0.2, 0.25) is 0 Å². The van der Waals surface area contributed by atoms with Crippen molar-refractivity contribution in [1.29, 1.82) is 0 Å². The molecule has 0 aliphatic carbocycles. The predicted octanol–water partition coefficient (Wildman–Crippen LogP) is 4.15. The smallest absolute Gasteiger partial charge is 0.0558 e. The zero-order valence-corrected chi connectivity index (χ0v) is 17.8. The van der Waals surface area contributed by atoms with Gasteiger partial charge < -0.3 is 20.0 Å². The highest BCUT2D eigenvalue weighted by Crippen LogP contribution is 2.00. The lowest BCUT2D eigenvalue weighted by Crippen LogP contribution is -2.28. The number of nitrogens with zero attached hydrogens (tertiary/aromatic N) is 2.